The van der Waals surface area contributed by atoms with Gasteiger partial charge in [0, 0.05) is 46.0 Å². The summed E-state index contributed by atoms with van der Waals surface area (Å²) in [6.07, 6.45) is -0.897. The number of Topliss-reactive ketones (excluding diaryl/α,β-unsaturated/α-hetero) is 1. The summed E-state index contributed by atoms with van der Waals surface area (Å²) >= 11 is 0. The second-order valence-electron chi connectivity index (χ2n) is 13.6. The predicted molar refractivity (Wildman–Crippen MR) is 138 cm³/mol. The molecule has 11 atom stereocenters. The summed E-state index contributed by atoms with van der Waals surface area (Å²) in [5.74, 6) is -4.82. The van der Waals surface area contributed by atoms with Crippen molar-refractivity contribution in [3.8, 4) is 0 Å². The van der Waals surface area contributed by atoms with Gasteiger partial charge in [-0.1, -0.05) is 34.6 Å². The summed E-state index contributed by atoms with van der Waals surface area (Å²) in [6.45, 7) is 8.64. The zero-order valence-electron chi connectivity index (χ0n) is 24.2. The molecular formula is C30H38O11. The van der Waals surface area contributed by atoms with Crippen molar-refractivity contribution in [3.05, 3.63) is 24.2 Å². The highest BCUT2D eigenvalue weighted by molar-refractivity contribution is 5.99. The van der Waals surface area contributed by atoms with E-state index in [-0.39, 0.29) is 12.8 Å². The fourth-order valence-electron chi connectivity index (χ4n) is 9.85. The molecule has 0 radical (unpaired) electrons. The summed E-state index contributed by atoms with van der Waals surface area (Å²) in [4.78, 5) is 53.3. The molecule has 3 aliphatic carbocycles. The minimum Gasteiger partial charge on any atom is -0.472 e. The van der Waals surface area contributed by atoms with Crippen molar-refractivity contribution in [3.63, 3.8) is 0 Å². The van der Waals surface area contributed by atoms with Crippen LogP contribution < -0.4 is 0 Å². The van der Waals surface area contributed by atoms with E-state index in [0.717, 1.165) is 7.11 Å². The zero-order valence-corrected chi connectivity index (χ0v) is 24.2. The Hall–Kier alpha value is -2.76. The van der Waals surface area contributed by atoms with Crippen LogP contribution in [0.5, 0.6) is 0 Å². The molecule has 2 aliphatic heterocycles. The van der Waals surface area contributed by atoms with Crippen LogP contribution in [0.25, 0.3) is 0 Å². The van der Waals surface area contributed by atoms with Crippen LogP contribution in [0.3, 0.4) is 0 Å². The third-order valence-corrected chi connectivity index (χ3v) is 11.4. The zero-order chi connectivity index (χ0) is 29.9. The Morgan fingerprint density at radius 3 is 2.49 bits per heavy atom. The fraction of sp³-hybridized carbons (Fsp3) is 0.733. The lowest BCUT2D eigenvalue weighted by Crippen LogP contribution is -2.81. The number of esters is 3. The van der Waals surface area contributed by atoms with Gasteiger partial charge in [0.2, 0.25) is 0 Å². The van der Waals surface area contributed by atoms with Gasteiger partial charge in [-0.2, -0.15) is 0 Å². The first-order chi connectivity index (χ1) is 19.2. The number of ketones is 1. The number of carbonyl (C=O) groups is 4. The Morgan fingerprint density at radius 1 is 1.17 bits per heavy atom. The normalized spacial score (nSPS) is 46.2. The number of fused-ring (bicyclic) bond motifs is 5. The minimum atomic E-state index is -2.28. The van der Waals surface area contributed by atoms with Crippen LogP contribution in [0.1, 0.15) is 72.0 Å². The van der Waals surface area contributed by atoms with Crippen molar-refractivity contribution in [1.29, 1.82) is 0 Å². The summed E-state index contributed by atoms with van der Waals surface area (Å²) in [5, 5.41) is 24.0. The topological polar surface area (TPSA) is 162 Å². The van der Waals surface area contributed by atoms with E-state index in [1.807, 2.05) is 6.92 Å². The van der Waals surface area contributed by atoms with E-state index in [1.165, 1.54) is 6.26 Å². The number of rotatable bonds is 5. The lowest BCUT2D eigenvalue weighted by atomic mass is 9.36. The Bertz CT molecular complexity index is 1300. The van der Waals surface area contributed by atoms with Crippen molar-refractivity contribution < 1.29 is 52.8 Å². The number of hydrogen-bond donors (Lipinski definition) is 2. The standard InChI is InChI=1S/C30H38O11/c1-7-17(31)40-24-26(2,3)20(19(33)22(34)37-6)28(5)15-8-10-27(4)16(30(15)25(41-30)29(24,36)23(28)35)12-18(32)39-21(27)14-9-11-38-13-14/h9,11,13,15-16,19-21,24-25,33,36H,7-8,10,12H2,1-6H3/t15?,16-,19-,20+,21+,24+,25-,27-,28-,29+,30-/m1/s1. The van der Waals surface area contributed by atoms with Gasteiger partial charge in [-0.3, -0.25) is 14.4 Å². The molecule has 1 aromatic heterocycles. The van der Waals surface area contributed by atoms with Crippen LogP contribution >= 0.6 is 0 Å². The molecule has 3 heterocycles. The van der Waals surface area contributed by atoms with Crippen LogP contribution in [0.15, 0.2) is 23.0 Å². The van der Waals surface area contributed by atoms with Gasteiger partial charge in [0.05, 0.1) is 26.1 Å². The number of aliphatic hydroxyl groups excluding tert-OH is 1. The number of ether oxygens (including phenoxy) is 4. The predicted octanol–water partition coefficient (Wildman–Crippen LogP) is 2.27. The third kappa shape index (κ3) is 3.25. The molecule has 41 heavy (non-hydrogen) atoms. The molecule has 3 saturated carbocycles. The molecule has 224 valence electrons. The lowest BCUT2D eigenvalue weighted by Gasteiger charge is -2.67. The van der Waals surface area contributed by atoms with E-state index in [4.69, 9.17) is 23.4 Å². The highest BCUT2D eigenvalue weighted by Crippen LogP contribution is 2.78. The quantitative estimate of drug-likeness (QED) is 0.301. The van der Waals surface area contributed by atoms with Crippen LogP contribution in [0, 0.1) is 34.0 Å². The van der Waals surface area contributed by atoms with Gasteiger partial charge in [0.25, 0.3) is 0 Å². The van der Waals surface area contributed by atoms with Crippen molar-refractivity contribution in [2.45, 2.75) is 95.9 Å². The Kier molecular flexibility index (Phi) is 5.98. The van der Waals surface area contributed by atoms with E-state index in [2.05, 4.69) is 0 Å². The number of furan rings is 1. The number of hydrogen-bond acceptors (Lipinski definition) is 11. The molecule has 11 nitrogen and oxygen atoms in total. The first-order valence-corrected chi connectivity index (χ1v) is 14.3. The van der Waals surface area contributed by atoms with Gasteiger partial charge in [0.1, 0.15) is 23.9 Å². The number of cyclic esters (lactones) is 1. The van der Waals surface area contributed by atoms with E-state index < -0.39 is 93.3 Å². The average molecular weight is 575 g/mol. The van der Waals surface area contributed by atoms with Gasteiger partial charge in [-0.25, -0.2) is 4.79 Å². The summed E-state index contributed by atoms with van der Waals surface area (Å²) < 4.78 is 28.5. The summed E-state index contributed by atoms with van der Waals surface area (Å²) in [6, 6.07) is 1.75. The first kappa shape index (κ1) is 28.4. The molecule has 2 N–H and O–H groups in total. The van der Waals surface area contributed by atoms with Crippen molar-refractivity contribution in [2.75, 3.05) is 7.11 Å². The third-order valence-electron chi connectivity index (χ3n) is 11.4. The average Bonchev–Trinajstić information content (AvgIpc) is 3.41. The largest absolute Gasteiger partial charge is 0.472 e. The van der Waals surface area contributed by atoms with Crippen LogP contribution in [-0.4, -0.2) is 70.5 Å². The number of aliphatic hydroxyl groups is 2. The van der Waals surface area contributed by atoms with Gasteiger partial charge in [-0.05, 0) is 18.9 Å². The smallest absolute Gasteiger partial charge is 0.335 e. The van der Waals surface area contributed by atoms with Gasteiger partial charge >= 0.3 is 17.9 Å². The second kappa shape index (κ2) is 8.64. The van der Waals surface area contributed by atoms with Gasteiger partial charge in [0.15, 0.2) is 17.5 Å². The van der Waals surface area contributed by atoms with E-state index in [0.29, 0.717) is 18.4 Å². The van der Waals surface area contributed by atoms with Crippen molar-refractivity contribution in [2.24, 2.45) is 34.0 Å². The molecule has 1 unspecified atom stereocenters. The van der Waals surface area contributed by atoms with Gasteiger partial charge in [-0.15, -0.1) is 0 Å². The molecule has 0 amide bonds. The number of carbonyl (C=O) groups excluding carboxylic acids is 4. The Labute approximate surface area is 237 Å². The molecular weight excluding hydrogens is 536 g/mol. The Balaban J connectivity index is 1.55. The molecule has 1 spiro atoms. The maximum absolute atomic E-state index is 14.6. The number of epoxide rings is 1. The van der Waals surface area contributed by atoms with Crippen molar-refractivity contribution in [1.82, 2.24) is 0 Å². The van der Waals surface area contributed by atoms with Crippen LogP contribution in [-0.2, 0) is 38.1 Å². The first-order valence-electron chi connectivity index (χ1n) is 14.3. The maximum Gasteiger partial charge on any atom is 0.335 e. The number of methoxy groups -OCH3 is 1. The SMILES string of the molecule is CCC(=O)O[C@H]1C(C)(C)[C@H]([C@@H](O)C(=O)OC)[C@]2(C)C(=O)[C@@]1(O)[C@H]1O[C@@]13C2CC[C@]1(C)[C@H]3CC(=O)O[C@H]1c1ccoc1. The molecule has 2 bridgehead atoms. The van der Waals surface area contributed by atoms with Crippen molar-refractivity contribution >= 4 is 23.7 Å². The lowest BCUT2D eigenvalue weighted by molar-refractivity contribution is -0.260. The molecule has 1 aromatic rings. The van der Waals surface area contributed by atoms with E-state index in [1.54, 1.807) is 40.0 Å². The Morgan fingerprint density at radius 2 is 1.88 bits per heavy atom. The molecule has 11 heteroatoms. The molecule has 6 rings (SSSR count). The maximum atomic E-state index is 14.6. The fourth-order valence-corrected chi connectivity index (χ4v) is 9.85. The van der Waals surface area contributed by atoms with Crippen LogP contribution in [0.2, 0.25) is 0 Å². The molecule has 5 aliphatic rings. The highest BCUT2D eigenvalue weighted by atomic mass is 16.6. The monoisotopic (exact) mass is 574 g/mol. The van der Waals surface area contributed by atoms with Crippen LogP contribution in [0.4, 0.5) is 0 Å². The minimum absolute atomic E-state index is 0.00870. The summed E-state index contributed by atoms with van der Waals surface area (Å²) in [5.41, 5.74) is -6.17. The van der Waals surface area contributed by atoms with E-state index >= 15 is 0 Å². The highest BCUT2D eigenvalue weighted by Gasteiger charge is 2.91. The molecule has 2 saturated heterocycles. The molecule has 0 aromatic carbocycles. The second-order valence-corrected chi connectivity index (χ2v) is 13.6. The summed E-state index contributed by atoms with van der Waals surface area (Å²) in [7, 11) is 1.15. The van der Waals surface area contributed by atoms with E-state index in [9.17, 15) is 29.4 Å². The van der Waals surface area contributed by atoms with Gasteiger partial charge < -0.3 is 33.6 Å². The molecule has 5 fully saturated rings.